The number of amides is 1. The Balaban J connectivity index is 1.69. The van der Waals surface area contributed by atoms with Gasteiger partial charge >= 0.3 is 0 Å². The number of carbonyl (C=O) groups is 1. The molecule has 1 aromatic carbocycles. The van der Waals surface area contributed by atoms with E-state index >= 15 is 0 Å². The van der Waals surface area contributed by atoms with E-state index in [1.54, 1.807) is 11.3 Å². The number of rotatable bonds is 3. The lowest BCUT2D eigenvalue weighted by atomic mass is 10.0. The zero-order valence-electron chi connectivity index (χ0n) is 12.6. The Morgan fingerprint density at radius 3 is 2.90 bits per heavy atom. The minimum atomic E-state index is 0.215. The van der Waals surface area contributed by atoms with E-state index in [1.165, 1.54) is 10.4 Å². The fraction of sp³-hybridized carbons (Fsp3) is 0.412. The van der Waals surface area contributed by atoms with Crippen molar-refractivity contribution >= 4 is 22.9 Å². The van der Waals surface area contributed by atoms with Gasteiger partial charge in [0.15, 0.2) is 0 Å². The first kappa shape index (κ1) is 14.3. The number of para-hydroxylation sites is 1. The molecular formula is C17H20N2OS. The van der Waals surface area contributed by atoms with Crippen molar-refractivity contribution in [2.75, 3.05) is 11.4 Å². The molecule has 1 aromatic heterocycles. The Labute approximate surface area is 129 Å². The number of carbonyl (C=O) groups excluding carboxylic acids is 1. The van der Waals surface area contributed by atoms with Crippen LogP contribution in [0.4, 0.5) is 5.69 Å². The Hall–Kier alpha value is -1.68. The van der Waals surface area contributed by atoms with Crippen molar-refractivity contribution in [1.29, 1.82) is 0 Å². The van der Waals surface area contributed by atoms with Gasteiger partial charge in [0.2, 0.25) is 5.91 Å². The van der Waals surface area contributed by atoms with Crippen molar-refractivity contribution in [3.8, 4) is 0 Å². The molecule has 0 saturated carbocycles. The molecular weight excluding hydrogens is 280 g/mol. The number of benzene rings is 1. The van der Waals surface area contributed by atoms with Crippen LogP contribution in [0.3, 0.4) is 0 Å². The minimum absolute atomic E-state index is 0.215. The lowest BCUT2D eigenvalue weighted by Crippen LogP contribution is -2.35. The third kappa shape index (κ3) is 3.00. The van der Waals surface area contributed by atoms with E-state index in [0.717, 1.165) is 42.2 Å². The smallest absolute Gasteiger partial charge is 0.227 e. The number of hydrogen-bond acceptors (Lipinski definition) is 3. The van der Waals surface area contributed by atoms with Gasteiger partial charge in [-0.2, -0.15) is 0 Å². The number of nitrogens with zero attached hydrogens (tertiary/aromatic N) is 2. The molecule has 0 unspecified atom stereocenters. The van der Waals surface area contributed by atoms with E-state index in [1.807, 2.05) is 24.0 Å². The standard InChI is InChI=1S/C17H20N2OS/c1-12-13(2)21-16(18-12)9-10-17(20)19-11-5-7-14-6-3-4-8-15(14)19/h3-4,6,8H,5,7,9-11H2,1-2H3. The Morgan fingerprint density at radius 2 is 2.14 bits per heavy atom. The molecule has 1 aliphatic heterocycles. The maximum Gasteiger partial charge on any atom is 0.227 e. The van der Waals surface area contributed by atoms with Crippen molar-refractivity contribution in [2.24, 2.45) is 0 Å². The molecule has 0 bridgehead atoms. The molecule has 0 N–H and O–H groups in total. The number of anilines is 1. The van der Waals surface area contributed by atoms with E-state index in [0.29, 0.717) is 6.42 Å². The fourth-order valence-electron chi connectivity index (χ4n) is 2.79. The number of thiazole rings is 1. The topological polar surface area (TPSA) is 33.2 Å². The summed E-state index contributed by atoms with van der Waals surface area (Å²) in [5, 5.41) is 1.07. The first-order valence-corrected chi connectivity index (χ1v) is 8.28. The molecule has 1 amide bonds. The van der Waals surface area contributed by atoms with Crippen LogP contribution in [0.1, 0.15) is 34.0 Å². The van der Waals surface area contributed by atoms with Gasteiger partial charge in [-0.3, -0.25) is 4.79 Å². The molecule has 3 rings (SSSR count). The molecule has 0 atom stereocenters. The summed E-state index contributed by atoms with van der Waals surface area (Å²) >= 11 is 1.71. The Bertz CT molecular complexity index is 643. The molecule has 0 radical (unpaired) electrons. The first-order valence-electron chi connectivity index (χ1n) is 7.46. The van der Waals surface area contributed by atoms with Crippen LogP contribution in [-0.2, 0) is 17.6 Å². The largest absolute Gasteiger partial charge is 0.312 e. The average molecular weight is 300 g/mol. The molecule has 0 fully saturated rings. The first-order chi connectivity index (χ1) is 10.1. The van der Waals surface area contributed by atoms with Crippen LogP contribution < -0.4 is 4.90 Å². The lowest BCUT2D eigenvalue weighted by Gasteiger charge is -2.29. The van der Waals surface area contributed by atoms with E-state index in [-0.39, 0.29) is 5.91 Å². The van der Waals surface area contributed by atoms with Gasteiger partial charge in [-0.05, 0) is 38.3 Å². The number of aromatic nitrogens is 1. The zero-order chi connectivity index (χ0) is 14.8. The Morgan fingerprint density at radius 1 is 1.33 bits per heavy atom. The second-order valence-electron chi connectivity index (χ2n) is 5.53. The van der Waals surface area contributed by atoms with Gasteiger partial charge in [0.05, 0.1) is 10.7 Å². The molecule has 2 heterocycles. The van der Waals surface area contributed by atoms with Crippen LogP contribution >= 0.6 is 11.3 Å². The van der Waals surface area contributed by atoms with E-state index < -0.39 is 0 Å². The van der Waals surface area contributed by atoms with Crippen LogP contribution in [0.5, 0.6) is 0 Å². The summed E-state index contributed by atoms with van der Waals surface area (Å²) in [5.41, 5.74) is 3.48. The highest BCUT2D eigenvalue weighted by Gasteiger charge is 2.22. The van der Waals surface area contributed by atoms with Crippen LogP contribution in [-0.4, -0.2) is 17.4 Å². The van der Waals surface area contributed by atoms with Crippen LogP contribution in [0, 0.1) is 13.8 Å². The van der Waals surface area contributed by atoms with Crippen LogP contribution in [0.15, 0.2) is 24.3 Å². The summed E-state index contributed by atoms with van der Waals surface area (Å²) in [4.78, 5) is 20.2. The van der Waals surface area contributed by atoms with Gasteiger partial charge in [0.1, 0.15) is 0 Å². The van der Waals surface area contributed by atoms with Gasteiger partial charge in [0.25, 0.3) is 0 Å². The number of aryl methyl sites for hydroxylation is 4. The summed E-state index contributed by atoms with van der Waals surface area (Å²) in [6.45, 7) is 4.95. The highest BCUT2D eigenvalue weighted by Crippen LogP contribution is 2.27. The molecule has 0 spiro atoms. The highest BCUT2D eigenvalue weighted by molar-refractivity contribution is 7.11. The second-order valence-corrected chi connectivity index (χ2v) is 6.81. The van der Waals surface area contributed by atoms with Crippen molar-refractivity contribution in [3.05, 3.63) is 45.4 Å². The molecule has 1 aliphatic rings. The Kier molecular flexibility index (Phi) is 4.06. The molecule has 110 valence electrons. The molecule has 2 aromatic rings. The maximum atomic E-state index is 12.5. The van der Waals surface area contributed by atoms with Gasteiger partial charge in [-0.25, -0.2) is 4.98 Å². The summed E-state index contributed by atoms with van der Waals surface area (Å²) in [7, 11) is 0. The summed E-state index contributed by atoms with van der Waals surface area (Å²) < 4.78 is 0. The second kappa shape index (κ2) is 5.98. The minimum Gasteiger partial charge on any atom is -0.312 e. The van der Waals surface area contributed by atoms with E-state index in [9.17, 15) is 4.79 Å². The zero-order valence-corrected chi connectivity index (χ0v) is 13.4. The summed E-state index contributed by atoms with van der Waals surface area (Å²) in [6, 6.07) is 8.25. The van der Waals surface area contributed by atoms with E-state index in [4.69, 9.17) is 0 Å². The van der Waals surface area contributed by atoms with E-state index in [2.05, 4.69) is 24.0 Å². The van der Waals surface area contributed by atoms with Gasteiger partial charge < -0.3 is 4.90 Å². The van der Waals surface area contributed by atoms with Gasteiger partial charge in [0, 0.05) is 30.0 Å². The van der Waals surface area contributed by atoms with Crippen molar-refractivity contribution in [1.82, 2.24) is 4.98 Å². The fourth-order valence-corrected chi connectivity index (χ4v) is 3.72. The molecule has 0 aliphatic carbocycles. The van der Waals surface area contributed by atoms with Gasteiger partial charge in [-0.1, -0.05) is 18.2 Å². The molecule has 21 heavy (non-hydrogen) atoms. The van der Waals surface area contributed by atoms with Crippen molar-refractivity contribution in [2.45, 2.75) is 39.5 Å². The highest BCUT2D eigenvalue weighted by atomic mass is 32.1. The molecule has 3 nitrogen and oxygen atoms in total. The normalized spacial score (nSPS) is 14.1. The maximum absolute atomic E-state index is 12.5. The average Bonchev–Trinajstić information content (AvgIpc) is 2.83. The predicted octanol–water partition coefficient (Wildman–Crippen LogP) is 3.67. The third-order valence-corrected chi connectivity index (χ3v) is 5.17. The summed E-state index contributed by atoms with van der Waals surface area (Å²) in [5.74, 6) is 0.215. The SMILES string of the molecule is Cc1nc(CCC(=O)N2CCCc3ccccc32)sc1C. The summed E-state index contributed by atoms with van der Waals surface area (Å²) in [6.07, 6.45) is 3.42. The number of fused-ring (bicyclic) bond motifs is 1. The quantitative estimate of drug-likeness (QED) is 0.866. The monoisotopic (exact) mass is 300 g/mol. The van der Waals surface area contributed by atoms with Crippen molar-refractivity contribution < 1.29 is 4.79 Å². The lowest BCUT2D eigenvalue weighted by molar-refractivity contribution is -0.118. The molecule has 4 heteroatoms. The van der Waals surface area contributed by atoms with Crippen LogP contribution in [0.2, 0.25) is 0 Å². The third-order valence-electron chi connectivity index (χ3n) is 4.04. The molecule has 0 saturated heterocycles. The van der Waals surface area contributed by atoms with Gasteiger partial charge in [-0.15, -0.1) is 11.3 Å². The van der Waals surface area contributed by atoms with Crippen molar-refractivity contribution in [3.63, 3.8) is 0 Å². The number of hydrogen-bond donors (Lipinski definition) is 0. The van der Waals surface area contributed by atoms with Crippen LogP contribution in [0.25, 0.3) is 0 Å². The predicted molar refractivity (Wildman–Crippen MR) is 87.0 cm³/mol.